The predicted octanol–water partition coefficient (Wildman–Crippen LogP) is 13.6. The summed E-state index contributed by atoms with van der Waals surface area (Å²) in [5, 5.41) is 8.38. The van der Waals surface area contributed by atoms with Crippen molar-refractivity contribution in [2.24, 2.45) is 0 Å². The number of thiophene rings is 1. The summed E-state index contributed by atoms with van der Waals surface area (Å²) in [4.78, 5) is 13.4. The first-order chi connectivity index (χ1) is 27.8. The zero-order chi connectivity index (χ0) is 36.5. The highest BCUT2D eigenvalue weighted by Crippen LogP contribution is 2.51. The van der Waals surface area contributed by atoms with Crippen LogP contribution in [0.3, 0.4) is 0 Å². The fourth-order valence-corrected chi connectivity index (χ4v) is 10.6. The quantitative estimate of drug-likeness (QED) is 0.182. The molecule has 5 heterocycles. The summed E-state index contributed by atoms with van der Waals surface area (Å²) in [5.41, 5.74) is 11.9. The van der Waals surface area contributed by atoms with Crippen LogP contribution in [-0.4, -0.2) is 19.1 Å². The maximum atomic E-state index is 5.58. The minimum Gasteiger partial charge on any atom is -0.309 e. The monoisotopic (exact) mass is 731 g/mol. The van der Waals surface area contributed by atoms with Crippen LogP contribution in [0.4, 0.5) is 17.1 Å². The third kappa shape index (κ3) is 3.93. The van der Waals surface area contributed by atoms with Crippen molar-refractivity contribution in [1.82, 2.24) is 19.1 Å². The van der Waals surface area contributed by atoms with Crippen molar-refractivity contribution in [2.75, 3.05) is 4.90 Å². The van der Waals surface area contributed by atoms with Gasteiger partial charge in [0.2, 0.25) is 5.95 Å². The molecule has 6 heteroatoms. The van der Waals surface area contributed by atoms with Crippen molar-refractivity contribution in [3.8, 4) is 22.9 Å². The van der Waals surface area contributed by atoms with Gasteiger partial charge < -0.3 is 9.47 Å². The molecular formula is C50H29N5S. The van der Waals surface area contributed by atoms with Crippen molar-refractivity contribution in [3.63, 3.8) is 0 Å². The first kappa shape index (κ1) is 30.1. The zero-order valence-corrected chi connectivity index (χ0v) is 30.7. The second kappa shape index (κ2) is 11.1. The second-order valence-corrected chi connectivity index (χ2v) is 15.6. The standard InChI is InChI=1S/C50H29N5S/c1-2-14-30(15-3-1)53-40-24-10-6-19-36(40)47-46-37(21-13-25-41(46)53)51-50(52-47)55-38-22-8-4-16-31(38)33-28-29-42-45(48(33)55)35-18-5-9-23-39(35)54(42)43-26-12-20-34-32-17-7-11-27-44(32)56-49(34)43/h1-29H. The summed E-state index contributed by atoms with van der Waals surface area (Å²) >= 11 is 1.87. The van der Waals surface area contributed by atoms with Gasteiger partial charge in [-0.1, -0.05) is 115 Å². The van der Waals surface area contributed by atoms with E-state index in [1.165, 1.54) is 52.9 Å². The van der Waals surface area contributed by atoms with Gasteiger partial charge in [0.15, 0.2) is 0 Å². The lowest BCUT2D eigenvalue weighted by Gasteiger charge is -2.32. The molecule has 260 valence electrons. The van der Waals surface area contributed by atoms with Gasteiger partial charge in [-0.3, -0.25) is 4.57 Å². The number of anilines is 3. The molecule has 0 spiro atoms. The summed E-state index contributed by atoms with van der Waals surface area (Å²) in [7, 11) is 0. The summed E-state index contributed by atoms with van der Waals surface area (Å²) in [6, 6.07) is 63.2. The van der Waals surface area contributed by atoms with Gasteiger partial charge in [-0.15, -0.1) is 11.3 Å². The Morgan fingerprint density at radius 2 is 1.09 bits per heavy atom. The minimum atomic E-state index is 0.662. The molecule has 0 saturated carbocycles. The van der Waals surface area contributed by atoms with Crippen LogP contribution >= 0.6 is 11.3 Å². The molecule has 1 aliphatic heterocycles. The van der Waals surface area contributed by atoms with Crippen LogP contribution in [0.5, 0.6) is 0 Å². The Balaban J connectivity index is 1.16. The van der Waals surface area contributed by atoms with Gasteiger partial charge in [0.05, 0.1) is 60.4 Å². The molecule has 0 amide bonds. The fraction of sp³-hybridized carbons (Fsp3) is 0. The Morgan fingerprint density at radius 1 is 0.411 bits per heavy atom. The number of fused-ring (bicyclic) bond motifs is 12. The summed E-state index contributed by atoms with van der Waals surface area (Å²) in [6.45, 7) is 0. The lowest BCUT2D eigenvalue weighted by atomic mass is 9.96. The van der Waals surface area contributed by atoms with E-state index in [0.717, 1.165) is 55.8 Å². The Bertz CT molecular complexity index is 3610. The van der Waals surface area contributed by atoms with Crippen molar-refractivity contribution >= 4 is 103 Å². The van der Waals surface area contributed by atoms with Crippen LogP contribution < -0.4 is 4.90 Å². The molecule has 0 saturated heterocycles. The van der Waals surface area contributed by atoms with Gasteiger partial charge in [-0.25, -0.2) is 9.97 Å². The smallest absolute Gasteiger partial charge is 0.235 e. The lowest BCUT2D eigenvalue weighted by molar-refractivity contribution is 1.01. The number of hydrogen-bond donors (Lipinski definition) is 0. The van der Waals surface area contributed by atoms with E-state index < -0.39 is 0 Å². The third-order valence-electron chi connectivity index (χ3n) is 11.6. The van der Waals surface area contributed by atoms with Crippen molar-refractivity contribution in [2.45, 2.75) is 0 Å². The van der Waals surface area contributed by atoms with Crippen LogP contribution in [0.25, 0.3) is 97.6 Å². The van der Waals surface area contributed by atoms with Crippen LogP contribution in [0.2, 0.25) is 0 Å². The summed E-state index contributed by atoms with van der Waals surface area (Å²) in [6.07, 6.45) is 0. The molecular weight excluding hydrogens is 703 g/mol. The van der Waals surface area contributed by atoms with E-state index in [-0.39, 0.29) is 0 Å². The van der Waals surface area contributed by atoms with Crippen molar-refractivity contribution in [3.05, 3.63) is 176 Å². The van der Waals surface area contributed by atoms with Gasteiger partial charge in [-0.2, -0.15) is 0 Å². The van der Waals surface area contributed by atoms with E-state index in [0.29, 0.717) is 5.95 Å². The highest BCUT2D eigenvalue weighted by atomic mass is 32.1. The molecule has 0 fully saturated rings. The van der Waals surface area contributed by atoms with Crippen LogP contribution in [0, 0.1) is 0 Å². The topological polar surface area (TPSA) is 38.9 Å². The first-order valence-electron chi connectivity index (χ1n) is 18.9. The zero-order valence-electron chi connectivity index (χ0n) is 29.9. The average Bonchev–Trinajstić information content (AvgIpc) is 3.92. The molecule has 0 bridgehead atoms. The van der Waals surface area contributed by atoms with Gasteiger partial charge >= 0.3 is 0 Å². The molecule has 1 aliphatic rings. The first-order valence-corrected chi connectivity index (χ1v) is 19.8. The van der Waals surface area contributed by atoms with E-state index in [1.54, 1.807) is 0 Å². The molecule has 5 nitrogen and oxygen atoms in total. The number of hydrogen-bond acceptors (Lipinski definition) is 4. The van der Waals surface area contributed by atoms with E-state index in [1.807, 2.05) is 11.3 Å². The lowest BCUT2D eigenvalue weighted by Crippen LogP contribution is -2.16. The number of nitrogens with zero attached hydrogens (tertiary/aromatic N) is 5. The SMILES string of the molecule is c1ccc(N2c3ccccc3-c3nc(-n4c5ccccc5c5ccc6c(c7ccccc7n6-c6cccc7c6sc6ccccc67)c54)nc4cccc2c34)cc1. The van der Waals surface area contributed by atoms with E-state index in [4.69, 9.17) is 9.97 Å². The second-order valence-electron chi connectivity index (χ2n) is 14.5. The molecule has 0 radical (unpaired) electrons. The Labute approximate surface area is 324 Å². The predicted molar refractivity (Wildman–Crippen MR) is 235 cm³/mol. The molecule has 8 aromatic carbocycles. The number of para-hydroxylation sites is 4. The number of aromatic nitrogens is 4. The fourth-order valence-electron chi connectivity index (χ4n) is 9.37. The Kier molecular flexibility index (Phi) is 5.98. The highest BCUT2D eigenvalue weighted by Gasteiger charge is 2.29. The third-order valence-corrected chi connectivity index (χ3v) is 12.8. The molecule has 0 N–H and O–H groups in total. The van der Waals surface area contributed by atoms with E-state index >= 15 is 0 Å². The minimum absolute atomic E-state index is 0.662. The van der Waals surface area contributed by atoms with Crippen LogP contribution in [0.15, 0.2) is 176 Å². The summed E-state index contributed by atoms with van der Waals surface area (Å²) in [5.74, 6) is 0.662. The Morgan fingerprint density at radius 3 is 1.98 bits per heavy atom. The number of rotatable bonds is 3. The highest BCUT2D eigenvalue weighted by molar-refractivity contribution is 7.26. The van der Waals surface area contributed by atoms with Gasteiger partial charge in [-0.05, 0) is 60.7 Å². The molecule has 0 atom stereocenters. The number of benzene rings is 8. The average molecular weight is 732 g/mol. The van der Waals surface area contributed by atoms with Gasteiger partial charge in [0.25, 0.3) is 0 Å². The van der Waals surface area contributed by atoms with Crippen LogP contribution in [0.1, 0.15) is 0 Å². The molecule has 0 aliphatic carbocycles. The summed E-state index contributed by atoms with van der Waals surface area (Å²) < 4.78 is 7.37. The molecule has 56 heavy (non-hydrogen) atoms. The largest absolute Gasteiger partial charge is 0.309 e. The molecule has 12 aromatic rings. The molecule has 0 unspecified atom stereocenters. The van der Waals surface area contributed by atoms with Crippen LogP contribution in [-0.2, 0) is 0 Å². The van der Waals surface area contributed by atoms with E-state index in [9.17, 15) is 0 Å². The maximum Gasteiger partial charge on any atom is 0.235 e. The normalized spacial score (nSPS) is 12.6. The molecule has 13 rings (SSSR count). The van der Waals surface area contributed by atoms with E-state index in [2.05, 4.69) is 190 Å². The van der Waals surface area contributed by atoms with Crippen molar-refractivity contribution in [1.29, 1.82) is 0 Å². The van der Waals surface area contributed by atoms with Gasteiger partial charge in [0.1, 0.15) is 0 Å². The maximum absolute atomic E-state index is 5.58. The Hall–Kier alpha value is -7.28. The van der Waals surface area contributed by atoms with Crippen molar-refractivity contribution < 1.29 is 0 Å². The van der Waals surface area contributed by atoms with Gasteiger partial charge in [0, 0.05) is 48.3 Å². The molecule has 4 aromatic heterocycles.